The zero-order valence-corrected chi connectivity index (χ0v) is 8.36. The van der Waals surface area contributed by atoms with Gasteiger partial charge in [-0.3, -0.25) is 0 Å². The Labute approximate surface area is 83.2 Å². The first kappa shape index (κ1) is 8.53. The van der Waals surface area contributed by atoms with Gasteiger partial charge in [-0.15, -0.1) is 0 Å². The molecule has 78 valence electrons. The minimum atomic E-state index is -0.357. The lowest BCUT2D eigenvalue weighted by Gasteiger charge is -2.38. The summed E-state index contributed by atoms with van der Waals surface area (Å²) >= 11 is 0. The average molecular weight is 197 g/mol. The Bertz CT molecular complexity index is 265. The summed E-state index contributed by atoms with van der Waals surface area (Å²) < 4.78 is 10.4. The predicted octanol–water partition coefficient (Wildman–Crippen LogP) is 0.864. The first-order valence-electron chi connectivity index (χ1n) is 5.22. The number of hydrogen-bond donors (Lipinski definition) is 0. The number of nitrogens with zero attached hydrogens (tertiary/aromatic N) is 1. The van der Waals surface area contributed by atoms with Gasteiger partial charge in [-0.05, 0) is 25.2 Å². The van der Waals surface area contributed by atoms with Crippen LogP contribution < -0.4 is 0 Å². The Hall–Kier alpha value is -0.770. The highest BCUT2D eigenvalue weighted by molar-refractivity contribution is 5.69. The third kappa shape index (κ3) is 1.29. The maximum Gasteiger partial charge on any atom is 0.410 e. The van der Waals surface area contributed by atoms with Crippen molar-refractivity contribution in [2.24, 2.45) is 11.8 Å². The van der Waals surface area contributed by atoms with Gasteiger partial charge in [-0.1, -0.05) is 0 Å². The number of fused-ring (bicyclic) bond motifs is 1. The molecule has 1 saturated carbocycles. The van der Waals surface area contributed by atoms with Crippen LogP contribution in [-0.4, -0.2) is 42.9 Å². The van der Waals surface area contributed by atoms with Crippen LogP contribution in [0, 0.1) is 11.8 Å². The molecule has 4 nitrogen and oxygen atoms in total. The number of rotatable bonds is 1. The highest BCUT2D eigenvalue weighted by Crippen LogP contribution is 2.45. The summed E-state index contributed by atoms with van der Waals surface area (Å²) in [5.74, 6) is 1.54. The summed E-state index contributed by atoms with van der Waals surface area (Å²) in [6.07, 6.45) is 1.16. The van der Waals surface area contributed by atoms with Crippen molar-refractivity contribution in [3.63, 3.8) is 0 Å². The summed E-state index contributed by atoms with van der Waals surface area (Å²) in [6.45, 7) is 4.81. The van der Waals surface area contributed by atoms with Gasteiger partial charge in [-0.25, -0.2) is 4.79 Å². The van der Waals surface area contributed by atoms with E-state index >= 15 is 0 Å². The van der Waals surface area contributed by atoms with Gasteiger partial charge in [0.25, 0.3) is 0 Å². The minimum absolute atomic E-state index is 0.150. The lowest BCUT2D eigenvalue weighted by Crippen LogP contribution is -2.52. The maximum absolute atomic E-state index is 11.7. The molecular formula is C10H15NO3. The second-order valence-electron chi connectivity index (χ2n) is 4.97. The van der Waals surface area contributed by atoms with E-state index in [4.69, 9.17) is 9.47 Å². The fourth-order valence-corrected chi connectivity index (χ4v) is 2.27. The summed E-state index contributed by atoms with van der Waals surface area (Å²) in [5, 5.41) is 0. The van der Waals surface area contributed by atoms with Gasteiger partial charge >= 0.3 is 6.09 Å². The van der Waals surface area contributed by atoms with E-state index in [-0.39, 0.29) is 11.7 Å². The van der Waals surface area contributed by atoms with Crippen molar-refractivity contribution in [2.45, 2.75) is 18.9 Å². The highest BCUT2D eigenvalue weighted by Gasteiger charge is 2.48. The van der Waals surface area contributed by atoms with Crippen LogP contribution >= 0.6 is 0 Å². The molecule has 0 spiro atoms. The van der Waals surface area contributed by atoms with Crippen LogP contribution in [0.15, 0.2) is 0 Å². The van der Waals surface area contributed by atoms with Crippen molar-refractivity contribution in [1.29, 1.82) is 0 Å². The lowest BCUT2D eigenvalue weighted by molar-refractivity contribution is -0.171. The van der Waals surface area contributed by atoms with Crippen LogP contribution in [0.4, 0.5) is 4.79 Å². The quantitative estimate of drug-likeness (QED) is 0.626. The summed E-state index contributed by atoms with van der Waals surface area (Å²) in [7, 11) is 0. The Morgan fingerprint density at radius 2 is 2.07 bits per heavy atom. The second kappa shape index (κ2) is 2.63. The van der Waals surface area contributed by atoms with Crippen molar-refractivity contribution in [3.05, 3.63) is 0 Å². The SMILES string of the molecule is CC1(OC(=O)N2CC3CC3C2)COC1. The molecule has 2 atom stereocenters. The van der Waals surface area contributed by atoms with Gasteiger partial charge in [0.1, 0.15) is 0 Å². The molecule has 2 heterocycles. The molecule has 0 aromatic heterocycles. The third-order valence-electron chi connectivity index (χ3n) is 3.39. The molecule has 4 heteroatoms. The van der Waals surface area contributed by atoms with Crippen LogP contribution in [0.5, 0.6) is 0 Å². The van der Waals surface area contributed by atoms with Crippen molar-refractivity contribution in [3.8, 4) is 0 Å². The Balaban J connectivity index is 1.55. The molecule has 1 amide bonds. The number of hydrogen-bond acceptors (Lipinski definition) is 3. The van der Waals surface area contributed by atoms with Crippen molar-refractivity contribution in [2.75, 3.05) is 26.3 Å². The van der Waals surface area contributed by atoms with E-state index in [0.29, 0.717) is 13.2 Å². The number of likely N-dealkylation sites (tertiary alicyclic amines) is 1. The average Bonchev–Trinajstić information content (AvgIpc) is 2.71. The molecule has 3 aliphatic rings. The van der Waals surface area contributed by atoms with Gasteiger partial charge in [-0.2, -0.15) is 0 Å². The van der Waals surface area contributed by atoms with Crippen LogP contribution in [0.3, 0.4) is 0 Å². The molecule has 1 aliphatic carbocycles. The summed E-state index contributed by atoms with van der Waals surface area (Å²) in [5.41, 5.74) is -0.357. The lowest BCUT2D eigenvalue weighted by atomic mass is 10.1. The predicted molar refractivity (Wildman–Crippen MR) is 48.9 cm³/mol. The normalized spacial score (nSPS) is 37.4. The Morgan fingerprint density at radius 3 is 2.57 bits per heavy atom. The zero-order valence-electron chi connectivity index (χ0n) is 8.36. The van der Waals surface area contributed by atoms with Crippen LogP contribution in [0.2, 0.25) is 0 Å². The molecule has 2 aliphatic heterocycles. The van der Waals surface area contributed by atoms with Gasteiger partial charge < -0.3 is 14.4 Å². The fourth-order valence-electron chi connectivity index (χ4n) is 2.27. The Morgan fingerprint density at radius 1 is 1.43 bits per heavy atom. The topological polar surface area (TPSA) is 38.8 Å². The van der Waals surface area contributed by atoms with E-state index in [0.717, 1.165) is 24.9 Å². The highest BCUT2D eigenvalue weighted by atomic mass is 16.6. The van der Waals surface area contributed by atoms with E-state index in [1.54, 1.807) is 0 Å². The largest absolute Gasteiger partial charge is 0.438 e. The number of ether oxygens (including phenoxy) is 2. The van der Waals surface area contributed by atoms with E-state index in [9.17, 15) is 4.79 Å². The van der Waals surface area contributed by atoms with E-state index < -0.39 is 0 Å². The molecule has 3 rings (SSSR count). The zero-order chi connectivity index (χ0) is 9.76. The minimum Gasteiger partial charge on any atom is -0.438 e. The molecule has 0 aromatic carbocycles. The molecule has 14 heavy (non-hydrogen) atoms. The van der Waals surface area contributed by atoms with Gasteiger partial charge in [0.05, 0.1) is 13.2 Å². The maximum atomic E-state index is 11.7. The van der Waals surface area contributed by atoms with Crippen molar-refractivity contribution < 1.29 is 14.3 Å². The smallest absolute Gasteiger partial charge is 0.410 e. The van der Waals surface area contributed by atoms with Crippen molar-refractivity contribution in [1.82, 2.24) is 4.90 Å². The number of carbonyl (C=O) groups excluding carboxylic acids is 1. The van der Waals surface area contributed by atoms with Crippen LogP contribution in [0.1, 0.15) is 13.3 Å². The number of carbonyl (C=O) groups is 1. The van der Waals surface area contributed by atoms with E-state index in [2.05, 4.69) is 0 Å². The van der Waals surface area contributed by atoms with E-state index in [1.165, 1.54) is 6.42 Å². The standard InChI is InChI=1S/C10H15NO3/c1-10(5-13-6-10)14-9(12)11-3-7-2-8(7)4-11/h7-8H,2-6H2,1H3. The number of amides is 1. The molecule has 2 unspecified atom stereocenters. The van der Waals surface area contributed by atoms with E-state index in [1.807, 2.05) is 11.8 Å². The van der Waals surface area contributed by atoms with Gasteiger partial charge in [0.15, 0.2) is 5.60 Å². The molecule has 0 aromatic rings. The molecule has 0 N–H and O–H groups in total. The van der Waals surface area contributed by atoms with Gasteiger partial charge in [0, 0.05) is 13.1 Å². The Kier molecular flexibility index (Phi) is 1.60. The number of piperidine rings is 1. The van der Waals surface area contributed by atoms with Crippen LogP contribution in [0.25, 0.3) is 0 Å². The van der Waals surface area contributed by atoms with Crippen molar-refractivity contribution >= 4 is 6.09 Å². The summed E-state index contributed by atoms with van der Waals surface area (Å²) in [4.78, 5) is 13.5. The fraction of sp³-hybridized carbons (Fsp3) is 0.900. The molecule has 0 radical (unpaired) electrons. The monoisotopic (exact) mass is 197 g/mol. The molecule has 0 bridgehead atoms. The first-order valence-corrected chi connectivity index (χ1v) is 5.22. The van der Waals surface area contributed by atoms with Crippen LogP contribution in [-0.2, 0) is 9.47 Å². The third-order valence-corrected chi connectivity index (χ3v) is 3.39. The second-order valence-corrected chi connectivity index (χ2v) is 4.97. The summed E-state index contributed by atoms with van der Waals surface area (Å²) in [6, 6.07) is 0. The van der Waals surface area contributed by atoms with Gasteiger partial charge in [0.2, 0.25) is 0 Å². The molecule has 3 fully saturated rings. The first-order chi connectivity index (χ1) is 6.66. The molecular weight excluding hydrogens is 182 g/mol. The molecule has 2 saturated heterocycles.